The Morgan fingerprint density at radius 3 is 2.19 bits per heavy atom. The molecule has 0 aliphatic carbocycles. The van der Waals surface area contributed by atoms with Crippen molar-refractivity contribution in [1.82, 2.24) is 9.80 Å². The zero-order valence-electron chi connectivity index (χ0n) is 16.4. The lowest BCUT2D eigenvalue weighted by molar-refractivity contribution is -0.136. The smallest absolute Gasteiger partial charge is 0.410 e. The highest BCUT2D eigenvalue weighted by molar-refractivity contribution is 6.30. The van der Waals surface area contributed by atoms with Gasteiger partial charge in [-0.25, -0.2) is 4.79 Å². The monoisotopic (exact) mass is 392 g/mol. The number of carbonyl (C=O) groups is 2. The van der Waals surface area contributed by atoms with Crippen LogP contribution >= 0.6 is 11.6 Å². The van der Waals surface area contributed by atoms with Crippen molar-refractivity contribution in [2.24, 2.45) is 5.92 Å². The molecule has 0 N–H and O–H groups in total. The van der Waals surface area contributed by atoms with Crippen LogP contribution in [0.2, 0.25) is 5.02 Å². The van der Waals surface area contributed by atoms with Crippen LogP contribution in [0.4, 0.5) is 4.79 Å². The number of piperidine rings is 1. The van der Waals surface area contributed by atoms with Gasteiger partial charge in [0.15, 0.2) is 0 Å². The van der Waals surface area contributed by atoms with E-state index in [4.69, 9.17) is 16.3 Å². The van der Waals surface area contributed by atoms with Gasteiger partial charge in [-0.15, -0.1) is 0 Å². The second kappa shape index (κ2) is 8.09. The number of amides is 2. The Morgan fingerprint density at radius 1 is 1.00 bits per heavy atom. The quantitative estimate of drug-likeness (QED) is 0.753. The van der Waals surface area contributed by atoms with Crippen molar-refractivity contribution < 1.29 is 14.3 Å². The van der Waals surface area contributed by atoms with Crippen LogP contribution in [0, 0.1) is 5.92 Å². The number of carbonyl (C=O) groups excluding carboxylic acids is 2. The van der Waals surface area contributed by atoms with Crippen LogP contribution in [-0.4, -0.2) is 53.6 Å². The number of benzene rings is 1. The SMILES string of the molecule is CC(C)(C)OC(=O)N1CCC(C(=O)N2CC[C@H](c3ccc(Cl)cc3)C2)CC1. The molecule has 2 aliphatic rings. The standard InChI is InChI=1S/C21H29ClN2O3/c1-21(2,3)27-20(26)23-11-8-16(9-12-23)19(25)24-13-10-17(14-24)15-4-6-18(22)7-5-15/h4-7,16-17H,8-14H2,1-3H3/t17-/m0/s1. The number of likely N-dealkylation sites (tertiary alicyclic amines) is 2. The summed E-state index contributed by atoms with van der Waals surface area (Å²) >= 11 is 5.97. The average Bonchev–Trinajstić information content (AvgIpc) is 3.10. The van der Waals surface area contributed by atoms with E-state index >= 15 is 0 Å². The minimum Gasteiger partial charge on any atom is -0.444 e. The molecule has 0 unspecified atom stereocenters. The zero-order chi connectivity index (χ0) is 19.6. The molecular weight excluding hydrogens is 364 g/mol. The summed E-state index contributed by atoms with van der Waals surface area (Å²) < 4.78 is 5.43. The molecule has 0 spiro atoms. The minimum absolute atomic E-state index is 0.00709. The van der Waals surface area contributed by atoms with Gasteiger partial charge in [0.05, 0.1) is 0 Å². The number of hydrogen-bond acceptors (Lipinski definition) is 3. The molecule has 1 aromatic carbocycles. The van der Waals surface area contributed by atoms with Gasteiger partial charge in [0, 0.05) is 43.0 Å². The van der Waals surface area contributed by atoms with E-state index in [9.17, 15) is 9.59 Å². The normalized spacial score (nSPS) is 21.4. The molecular formula is C21H29ClN2O3. The summed E-state index contributed by atoms with van der Waals surface area (Å²) in [6.07, 6.45) is 2.13. The van der Waals surface area contributed by atoms with Gasteiger partial charge in [-0.3, -0.25) is 4.79 Å². The molecule has 0 radical (unpaired) electrons. The van der Waals surface area contributed by atoms with Gasteiger partial charge in [0.2, 0.25) is 5.91 Å². The lowest BCUT2D eigenvalue weighted by Crippen LogP contribution is -2.45. The second-order valence-corrected chi connectivity index (χ2v) is 9.00. The Balaban J connectivity index is 1.50. The summed E-state index contributed by atoms with van der Waals surface area (Å²) in [5.41, 5.74) is 0.755. The van der Waals surface area contributed by atoms with Crippen molar-refractivity contribution in [3.05, 3.63) is 34.9 Å². The maximum atomic E-state index is 12.9. The molecule has 2 fully saturated rings. The summed E-state index contributed by atoms with van der Waals surface area (Å²) in [6, 6.07) is 7.93. The van der Waals surface area contributed by atoms with Crippen LogP contribution in [0.1, 0.15) is 51.5 Å². The minimum atomic E-state index is -0.490. The zero-order valence-corrected chi connectivity index (χ0v) is 17.2. The Morgan fingerprint density at radius 2 is 1.59 bits per heavy atom. The Kier molecular flexibility index (Phi) is 5.99. The van der Waals surface area contributed by atoms with Gasteiger partial charge >= 0.3 is 6.09 Å². The molecule has 2 amide bonds. The fourth-order valence-electron chi connectivity index (χ4n) is 3.86. The van der Waals surface area contributed by atoms with E-state index in [-0.39, 0.29) is 17.9 Å². The fraction of sp³-hybridized carbons (Fsp3) is 0.619. The summed E-state index contributed by atoms with van der Waals surface area (Å²) in [5, 5.41) is 0.737. The fourth-order valence-corrected chi connectivity index (χ4v) is 3.99. The van der Waals surface area contributed by atoms with Gasteiger partial charge in [0.25, 0.3) is 0 Å². The van der Waals surface area contributed by atoms with Gasteiger partial charge in [-0.05, 0) is 57.7 Å². The molecule has 2 aliphatic heterocycles. The molecule has 2 saturated heterocycles. The first kappa shape index (κ1) is 20.0. The molecule has 1 atom stereocenters. The summed E-state index contributed by atoms with van der Waals surface area (Å²) in [5.74, 6) is 0.621. The molecule has 1 aromatic rings. The molecule has 5 nitrogen and oxygen atoms in total. The number of hydrogen-bond donors (Lipinski definition) is 0. The largest absolute Gasteiger partial charge is 0.444 e. The first-order chi connectivity index (χ1) is 12.7. The van der Waals surface area contributed by atoms with E-state index < -0.39 is 5.60 Å². The van der Waals surface area contributed by atoms with Gasteiger partial charge in [-0.1, -0.05) is 23.7 Å². The van der Waals surface area contributed by atoms with Gasteiger partial charge < -0.3 is 14.5 Å². The number of halogens is 1. The van der Waals surface area contributed by atoms with E-state index in [2.05, 4.69) is 12.1 Å². The molecule has 6 heteroatoms. The van der Waals surface area contributed by atoms with Crippen molar-refractivity contribution in [2.75, 3.05) is 26.2 Å². The highest BCUT2D eigenvalue weighted by Gasteiger charge is 2.35. The van der Waals surface area contributed by atoms with Crippen molar-refractivity contribution in [3.8, 4) is 0 Å². The molecule has 27 heavy (non-hydrogen) atoms. The third kappa shape index (κ3) is 5.16. The van der Waals surface area contributed by atoms with E-state index in [0.29, 0.717) is 31.8 Å². The van der Waals surface area contributed by atoms with Crippen molar-refractivity contribution in [1.29, 1.82) is 0 Å². The highest BCUT2D eigenvalue weighted by atomic mass is 35.5. The van der Waals surface area contributed by atoms with Crippen molar-refractivity contribution >= 4 is 23.6 Å². The van der Waals surface area contributed by atoms with Crippen molar-refractivity contribution in [3.63, 3.8) is 0 Å². The third-order valence-electron chi connectivity index (χ3n) is 5.34. The predicted molar refractivity (Wildman–Crippen MR) is 106 cm³/mol. The lowest BCUT2D eigenvalue weighted by atomic mass is 9.95. The topological polar surface area (TPSA) is 49.9 Å². The second-order valence-electron chi connectivity index (χ2n) is 8.56. The summed E-state index contributed by atoms with van der Waals surface area (Å²) in [6.45, 7) is 8.34. The van der Waals surface area contributed by atoms with Crippen LogP contribution in [0.3, 0.4) is 0 Å². The van der Waals surface area contributed by atoms with Crippen LogP contribution in [0.15, 0.2) is 24.3 Å². The van der Waals surface area contributed by atoms with Crippen LogP contribution in [0.5, 0.6) is 0 Å². The maximum Gasteiger partial charge on any atom is 0.410 e. The van der Waals surface area contributed by atoms with Crippen LogP contribution in [0.25, 0.3) is 0 Å². The number of nitrogens with zero attached hydrogens (tertiary/aromatic N) is 2. The molecule has 2 heterocycles. The average molecular weight is 393 g/mol. The van der Waals surface area contributed by atoms with Gasteiger partial charge in [0.1, 0.15) is 5.60 Å². The van der Waals surface area contributed by atoms with Crippen LogP contribution < -0.4 is 0 Å². The summed E-state index contributed by atoms with van der Waals surface area (Å²) in [7, 11) is 0. The van der Waals surface area contributed by atoms with E-state index in [1.807, 2.05) is 37.8 Å². The summed E-state index contributed by atoms with van der Waals surface area (Å²) in [4.78, 5) is 28.8. The third-order valence-corrected chi connectivity index (χ3v) is 5.59. The number of ether oxygens (including phenoxy) is 1. The molecule has 0 aromatic heterocycles. The first-order valence-electron chi connectivity index (χ1n) is 9.75. The maximum absolute atomic E-state index is 12.9. The molecule has 148 valence electrons. The predicted octanol–water partition coefficient (Wildman–Crippen LogP) is 4.30. The number of rotatable bonds is 2. The first-order valence-corrected chi connectivity index (χ1v) is 10.1. The van der Waals surface area contributed by atoms with Crippen LogP contribution in [-0.2, 0) is 9.53 Å². The highest BCUT2D eigenvalue weighted by Crippen LogP contribution is 2.30. The Labute approximate surface area is 166 Å². The van der Waals surface area contributed by atoms with Gasteiger partial charge in [-0.2, -0.15) is 0 Å². The Bertz CT molecular complexity index is 676. The van der Waals surface area contributed by atoms with E-state index in [0.717, 1.165) is 24.5 Å². The molecule has 0 saturated carbocycles. The lowest BCUT2D eigenvalue weighted by Gasteiger charge is -2.34. The van der Waals surface area contributed by atoms with Crippen molar-refractivity contribution in [2.45, 2.75) is 51.6 Å². The molecule has 0 bridgehead atoms. The van der Waals surface area contributed by atoms with E-state index in [1.165, 1.54) is 5.56 Å². The van der Waals surface area contributed by atoms with E-state index in [1.54, 1.807) is 4.90 Å². The Hall–Kier alpha value is -1.75. The molecule has 3 rings (SSSR count).